The number of halogens is 3. The molecule has 0 saturated carbocycles. The van der Waals surface area contributed by atoms with E-state index in [1.165, 1.54) is 23.0 Å². The highest BCUT2D eigenvalue weighted by Gasteiger charge is 2.35. The number of hydrogen-bond acceptors (Lipinski definition) is 7. The van der Waals surface area contributed by atoms with E-state index in [-0.39, 0.29) is 23.1 Å². The van der Waals surface area contributed by atoms with Crippen LogP contribution in [0.2, 0.25) is 0 Å². The van der Waals surface area contributed by atoms with Crippen molar-refractivity contribution in [2.75, 3.05) is 18.0 Å². The van der Waals surface area contributed by atoms with Gasteiger partial charge in [0.25, 0.3) is 0 Å². The average Bonchev–Trinajstić information content (AvgIpc) is 3.16. The van der Waals surface area contributed by atoms with Crippen molar-refractivity contribution in [2.45, 2.75) is 31.6 Å². The van der Waals surface area contributed by atoms with Crippen molar-refractivity contribution in [3.05, 3.63) is 48.3 Å². The fourth-order valence-electron chi connectivity index (χ4n) is 3.83. The third-order valence-electron chi connectivity index (χ3n) is 5.22. The Hall–Kier alpha value is -3.54. The van der Waals surface area contributed by atoms with E-state index in [2.05, 4.69) is 44.0 Å². The maximum atomic E-state index is 13.1. The molecule has 1 atom stereocenters. The summed E-state index contributed by atoms with van der Waals surface area (Å²) in [5.41, 5.74) is 5.77. The molecule has 1 saturated heterocycles. The van der Waals surface area contributed by atoms with Gasteiger partial charge in [-0.1, -0.05) is 0 Å². The van der Waals surface area contributed by atoms with Gasteiger partial charge in [-0.15, -0.1) is 0 Å². The largest absolute Gasteiger partial charge is 0.434 e. The Morgan fingerprint density at radius 3 is 2.75 bits per heavy atom. The van der Waals surface area contributed by atoms with Gasteiger partial charge in [0.15, 0.2) is 23.4 Å². The summed E-state index contributed by atoms with van der Waals surface area (Å²) in [6, 6.07) is 1.63. The van der Waals surface area contributed by atoms with Crippen molar-refractivity contribution in [3.63, 3.8) is 0 Å². The van der Waals surface area contributed by atoms with Crippen LogP contribution in [0.1, 0.15) is 19.5 Å². The number of rotatable bonds is 4. The van der Waals surface area contributed by atoms with Gasteiger partial charge in [-0.3, -0.25) is 9.81 Å². The number of nitrogens with one attached hydrogen (secondary N) is 1. The molecule has 5 N–H and O–H groups in total. The van der Waals surface area contributed by atoms with Crippen LogP contribution in [0.25, 0.3) is 17.2 Å². The van der Waals surface area contributed by atoms with Crippen molar-refractivity contribution in [1.29, 1.82) is 0 Å². The van der Waals surface area contributed by atoms with E-state index < -0.39 is 11.9 Å². The van der Waals surface area contributed by atoms with Crippen molar-refractivity contribution in [2.24, 2.45) is 5.73 Å². The highest BCUT2D eigenvalue weighted by Crippen LogP contribution is 2.29. The second-order valence-electron chi connectivity index (χ2n) is 8.18. The third kappa shape index (κ3) is 4.13. The molecule has 168 valence electrons. The Kier molecular flexibility index (Phi) is 5.33. The molecule has 0 amide bonds. The van der Waals surface area contributed by atoms with Crippen LogP contribution in [0.4, 0.5) is 19.0 Å². The molecule has 32 heavy (non-hydrogen) atoms. The van der Waals surface area contributed by atoms with Crippen molar-refractivity contribution >= 4 is 17.7 Å². The lowest BCUT2D eigenvalue weighted by molar-refractivity contribution is -0.141. The Bertz CT molecular complexity index is 1180. The molecule has 0 bridgehead atoms. The van der Waals surface area contributed by atoms with Crippen molar-refractivity contribution in [3.8, 4) is 11.5 Å². The molecule has 1 unspecified atom stereocenters. The molecule has 9 nitrogen and oxygen atoms in total. The SMILES string of the molecule is CC1(C)CN(c2ccnc(-c3cnc4cnc(C(F)(F)F)cn34)n2)CC(/C(C=[NH2+])=C/N)N1. The molecular formula is C20H23F3N9+. The van der Waals surface area contributed by atoms with Gasteiger partial charge in [0, 0.05) is 42.8 Å². The van der Waals surface area contributed by atoms with E-state index in [0.29, 0.717) is 24.6 Å². The standard InChI is InChI=1S/C20H22F3N9/c1-19(2)11-31(9-13(30-19)12(5-24)6-25)16-3-4-26-18(29-16)14-7-28-17-8-27-15(10-32(14)17)20(21,22)23/h3-8,10,13,24,30H,9,11,25H2,1-2H3/p+1/b12-6+,24-5?. The molecule has 1 aliphatic rings. The number of aromatic nitrogens is 5. The number of hydrogen-bond donors (Lipinski definition) is 3. The first-order valence-corrected chi connectivity index (χ1v) is 9.84. The van der Waals surface area contributed by atoms with E-state index in [4.69, 9.17) is 11.1 Å². The predicted octanol–water partition coefficient (Wildman–Crippen LogP) is 0.434. The molecule has 1 fully saturated rings. The number of nitrogens with two attached hydrogens (primary N) is 2. The molecule has 0 aliphatic carbocycles. The Balaban J connectivity index is 1.72. The predicted molar refractivity (Wildman–Crippen MR) is 112 cm³/mol. The molecule has 0 aromatic carbocycles. The van der Waals surface area contributed by atoms with Gasteiger partial charge in [0.05, 0.1) is 18.4 Å². The molecule has 3 aromatic rings. The second kappa shape index (κ2) is 7.86. The monoisotopic (exact) mass is 446 g/mol. The Morgan fingerprint density at radius 1 is 1.28 bits per heavy atom. The lowest BCUT2D eigenvalue weighted by Gasteiger charge is -2.44. The molecule has 4 heterocycles. The van der Waals surface area contributed by atoms with Gasteiger partial charge in [0.2, 0.25) is 0 Å². The first-order chi connectivity index (χ1) is 15.1. The minimum Gasteiger partial charge on any atom is -0.404 e. The first kappa shape index (κ1) is 21.7. The van der Waals surface area contributed by atoms with Gasteiger partial charge < -0.3 is 16.0 Å². The van der Waals surface area contributed by atoms with Gasteiger partial charge in [-0.05, 0) is 19.9 Å². The van der Waals surface area contributed by atoms with Gasteiger partial charge >= 0.3 is 6.18 Å². The highest BCUT2D eigenvalue weighted by atomic mass is 19.4. The van der Waals surface area contributed by atoms with E-state index in [0.717, 1.165) is 18.0 Å². The number of alkyl halides is 3. The lowest BCUT2D eigenvalue weighted by atomic mass is 9.95. The quantitative estimate of drug-likeness (QED) is 0.497. The molecule has 0 radical (unpaired) electrons. The third-order valence-corrected chi connectivity index (χ3v) is 5.22. The van der Waals surface area contributed by atoms with Gasteiger partial charge in [-0.2, -0.15) is 13.2 Å². The molecule has 12 heteroatoms. The molecule has 4 rings (SSSR count). The molecule has 3 aromatic heterocycles. The first-order valence-electron chi connectivity index (χ1n) is 9.84. The molecule has 1 aliphatic heterocycles. The van der Waals surface area contributed by atoms with Crippen LogP contribution in [0.5, 0.6) is 0 Å². The van der Waals surface area contributed by atoms with Crippen LogP contribution in [-0.2, 0) is 6.18 Å². The number of anilines is 1. The van der Waals surface area contributed by atoms with Crippen molar-refractivity contribution < 1.29 is 18.6 Å². The van der Waals surface area contributed by atoms with Crippen LogP contribution >= 0.6 is 0 Å². The smallest absolute Gasteiger partial charge is 0.404 e. The van der Waals surface area contributed by atoms with Crippen LogP contribution in [0, 0.1) is 0 Å². The fourth-order valence-corrected chi connectivity index (χ4v) is 3.83. The van der Waals surface area contributed by atoms with Crippen LogP contribution in [-0.4, -0.2) is 55.2 Å². The average molecular weight is 446 g/mol. The summed E-state index contributed by atoms with van der Waals surface area (Å²) in [7, 11) is 0. The summed E-state index contributed by atoms with van der Waals surface area (Å²) in [5, 5.41) is 9.23. The van der Waals surface area contributed by atoms with Gasteiger partial charge in [0.1, 0.15) is 11.5 Å². The van der Waals surface area contributed by atoms with E-state index in [9.17, 15) is 13.2 Å². The van der Waals surface area contributed by atoms with E-state index >= 15 is 0 Å². The maximum absolute atomic E-state index is 13.1. The van der Waals surface area contributed by atoms with Crippen molar-refractivity contribution in [1.82, 2.24) is 29.7 Å². The fraction of sp³-hybridized carbons (Fsp3) is 0.350. The van der Waals surface area contributed by atoms with Crippen LogP contribution in [0.3, 0.4) is 0 Å². The zero-order valence-electron chi connectivity index (χ0n) is 17.5. The summed E-state index contributed by atoms with van der Waals surface area (Å²) in [5.74, 6) is 0.880. The minimum atomic E-state index is -4.58. The summed E-state index contributed by atoms with van der Waals surface area (Å²) in [6.45, 7) is 5.29. The van der Waals surface area contributed by atoms with E-state index in [1.807, 2.05) is 0 Å². The second-order valence-corrected chi connectivity index (χ2v) is 8.18. The van der Waals surface area contributed by atoms with E-state index in [1.54, 1.807) is 12.3 Å². The molecular weight excluding hydrogens is 423 g/mol. The zero-order chi connectivity index (χ0) is 23.1. The summed E-state index contributed by atoms with van der Waals surface area (Å²) < 4.78 is 40.7. The zero-order valence-corrected chi connectivity index (χ0v) is 17.5. The normalized spacial score (nSPS) is 19.3. The minimum absolute atomic E-state index is 0.122. The highest BCUT2D eigenvalue weighted by molar-refractivity contribution is 5.75. The Morgan fingerprint density at radius 2 is 2.06 bits per heavy atom. The number of nitrogens with zero attached hydrogens (tertiary/aromatic N) is 6. The maximum Gasteiger partial charge on any atom is 0.434 e. The topological polar surface area (TPSA) is 123 Å². The summed E-state index contributed by atoms with van der Waals surface area (Å²) in [6.07, 6.45) is 3.33. The summed E-state index contributed by atoms with van der Waals surface area (Å²) in [4.78, 5) is 18.5. The Labute approximate surface area is 181 Å². The molecule has 0 spiro atoms. The number of piperazine rings is 1. The van der Waals surface area contributed by atoms with Crippen LogP contribution in [0.15, 0.2) is 42.6 Å². The van der Waals surface area contributed by atoms with Crippen LogP contribution < -0.4 is 21.4 Å². The lowest BCUT2D eigenvalue weighted by Crippen LogP contribution is -2.63. The summed E-state index contributed by atoms with van der Waals surface area (Å²) >= 11 is 0. The number of imidazole rings is 1. The number of fused-ring (bicyclic) bond motifs is 1. The van der Waals surface area contributed by atoms with Gasteiger partial charge in [-0.25, -0.2) is 19.9 Å².